The number of nitrogens with one attached hydrogen (secondary N) is 1. The van der Waals surface area contributed by atoms with Crippen LogP contribution in [-0.2, 0) is 30.2 Å². The molecule has 0 fully saturated rings. The van der Waals surface area contributed by atoms with Gasteiger partial charge in [0.1, 0.15) is 5.82 Å². The Morgan fingerprint density at radius 3 is 2.66 bits per heavy atom. The van der Waals surface area contributed by atoms with Crippen molar-refractivity contribution in [1.29, 1.82) is 0 Å². The van der Waals surface area contributed by atoms with Crippen LogP contribution in [0.15, 0.2) is 54.9 Å². The number of hydrogen-bond acceptors (Lipinski definition) is 3. The zero-order valence-corrected chi connectivity index (χ0v) is 23.4. The molecule has 5 heterocycles. The van der Waals surface area contributed by atoms with Gasteiger partial charge in [0.2, 0.25) is 0 Å². The SMILES string of the molecule is CCc1cccc2c1-n1nc3c(c1C1(C)C2=CC(C)(C)c2[nH]ccc21)CN(c1ccc(C(C)C)cn1)CC3. The first-order valence-corrected chi connectivity index (χ1v) is 14.1. The van der Waals surface area contributed by atoms with Crippen LogP contribution in [0.2, 0.25) is 0 Å². The number of benzene rings is 1. The number of aryl methyl sites for hydroxylation is 1. The number of nitrogens with zero attached hydrogens (tertiary/aromatic N) is 4. The van der Waals surface area contributed by atoms with E-state index in [2.05, 4.69) is 105 Å². The summed E-state index contributed by atoms with van der Waals surface area (Å²) in [5, 5.41) is 5.37. The molecule has 3 aromatic heterocycles. The normalized spacial score (nSPS) is 20.8. The van der Waals surface area contributed by atoms with Crippen LogP contribution in [0.5, 0.6) is 0 Å². The Morgan fingerprint density at radius 2 is 1.92 bits per heavy atom. The van der Waals surface area contributed by atoms with Gasteiger partial charge in [-0.15, -0.1) is 0 Å². The second kappa shape index (κ2) is 7.95. The van der Waals surface area contributed by atoms with Gasteiger partial charge < -0.3 is 9.88 Å². The highest BCUT2D eigenvalue weighted by molar-refractivity contribution is 5.89. The fraction of sp³-hybridized carbons (Fsp3) is 0.394. The van der Waals surface area contributed by atoms with E-state index in [1.165, 1.54) is 56.2 Å². The van der Waals surface area contributed by atoms with E-state index in [1.807, 2.05) is 6.20 Å². The summed E-state index contributed by atoms with van der Waals surface area (Å²) in [6.45, 7) is 15.5. The zero-order valence-electron chi connectivity index (χ0n) is 23.4. The van der Waals surface area contributed by atoms with Crippen molar-refractivity contribution in [3.63, 3.8) is 0 Å². The van der Waals surface area contributed by atoms with Crippen molar-refractivity contribution < 1.29 is 0 Å². The van der Waals surface area contributed by atoms with Crippen LogP contribution in [0.3, 0.4) is 0 Å². The van der Waals surface area contributed by atoms with Gasteiger partial charge in [0, 0.05) is 54.1 Å². The van der Waals surface area contributed by atoms with Crippen molar-refractivity contribution in [3.8, 4) is 5.69 Å². The first-order valence-electron chi connectivity index (χ1n) is 14.1. The van der Waals surface area contributed by atoms with Crippen LogP contribution in [0.4, 0.5) is 5.82 Å². The van der Waals surface area contributed by atoms with Crippen LogP contribution in [-0.4, -0.2) is 26.3 Å². The average molecular weight is 504 g/mol. The van der Waals surface area contributed by atoms with Gasteiger partial charge in [-0.1, -0.05) is 65.0 Å². The molecule has 0 saturated heterocycles. The Morgan fingerprint density at radius 1 is 1.08 bits per heavy atom. The number of aromatic nitrogens is 4. The molecular formula is C33H37N5. The third kappa shape index (κ3) is 3.05. The Balaban J connectivity index is 1.46. The summed E-state index contributed by atoms with van der Waals surface area (Å²) in [5.41, 5.74) is 12.9. The van der Waals surface area contributed by atoms with Crippen LogP contribution >= 0.6 is 0 Å². The van der Waals surface area contributed by atoms with E-state index in [9.17, 15) is 0 Å². The van der Waals surface area contributed by atoms with Crippen LogP contribution < -0.4 is 4.90 Å². The minimum Gasteiger partial charge on any atom is -0.364 e. The molecule has 0 amide bonds. The summed E-state index contributed by atoms with van der Waals surface area (Å²) in [6, 6.07) is 13.5. The molecular weight excluding hydrogens is 466 g/mol. The lowest BCUT2D eigenvalue weighted by Gasteiger charge is -2.46. The van der Waals surface area contributed by atoms with Crippen molar-refractivity contribution >= 4 is 11.4 Å². The van der Waals surface area contributed by atoms with E-state index in [4.69, 9.17) is 10.1 Å². The number of aromatic amines is 1. The molecule has 5 heteroatoms. The van der Waals surface area contributed by atoms with Crippen LogP contribution in [0, 0.1) is 0 Å². The lowest BCUT2D eigenvalue weighted by Crippen LogP contribution is -2.41. The van der Waals surface area contributed by atoms with Crippen LogP contribution in [0.25, 0.3) is 11.3 Å². The molecule has 7 rings (SSSR count). The van der Waals surface area contributed by atoms with E-state index in [1.54, 1.807) is 0 Å². The van der Waals surface area contributed by atoms with Crippen molar-refractivity contribution in [2.75, 3.05) is 11.4 Å². The van der Waals surface area contributed by atoms with Gasteiger partial charge >= 0.3 is 0 Å². The Labute approximate surface area is 225 Å². The van der Waals surface area contributed by atoms with Gasteiger partial charge in [0.15, 0.2) is 0 Å². The highest BCUT2D eigenvalue weighted by Crippen LogP contribution is 2.57. The van der Waals surface area contributed by atoms with Gasteiger partial charge in [-0.2, -0.15) is 5.10 Å². The lowest BCUT2D eigenvalue weighted by atomic mass is 9.60. The predicted octanol–water partition coefficient (Wildman–Crippen LogP) is 6.84. The molecule has 2 aliphatic heterocycles. The summed E-state index contributed by atoms with van der Waals surface area (Å²) < 4.78 is 2.32. The topological polar surface area (TPSA) is 49.7 Å². The fourth-order valence-electron chi connectivity index (χ4n) is 7.16. The molecule has 4 aromatic rings. The Hall–Kier alpha value is -3.60. The van der Waals surface area contributed by atoms with E-state index < -0.39 is 0 Å². The maximum atomic E-state index is 5.37. The highest BCUT2D eigenvalue weighted by atomic mass is 15.3. The Kier molecular flexibility index (Phi) is 4.92. The summed E-state index contributed by atoms with van der Waals surface area (Å²) in [4.78, 5) is 10.9. The number of fused-ring (bicyclic) bond motifs is 10. The molecule has 0 bridgehead atoms. The van der Waals surface area contributed by atoms with E-state index in [0.29, 0.717) is 5.92 Å². The zero-order chi connectivity index (χ0) is 26.4. The molecule has 0 saturated carbocycles. The number of allylic oxidation sites excluding steroid dienone is 2. The smallest absolute Gasteiger partial charge is 0.128 e. The predicted molar refractivity (Wildman–Crippen MR) is 154 cm³/mol. The minimum absolute atomic E-state index is 0.0798. The largest absolute Gasteiger partial charge is 0.364 e. The summed E-state index contributed by atoms with van der Waals surface area (Å²) >= 11 is 0. The second-order valence-electron chi connectivity index (χ2n) is 12.3. The molecule has 1 aliphatic carbocycles. The lowest BCUT2D eigenvalue weighted by molar-refractivity contribution is 0.555. The second-order valence-corrected chi connectivity index (χ2v) is 12.3. The standard InChI is InChI=1S/C33H37N5/c1-7-21-9-8-10-23-26-17-32(4,5)30-25(13-15-34-30)33(26,6)31-24-19-37(16-14-27(24)36-38(31)29(21)23)28-12-11-22(18-35-28)20(2)3/h8-13,15,17-18,20,34H,7,14,16,19H2,1-6H3. The third-order valence-corrected chi connectivity index (χ3v) is 9.25. The molecule has 194 valence electrons. The maximum Gasteiger partial charge on any atom is 0.128 e. The fourth-order valence-corrected chi connectivity index (χ4v) is 7.16. The molecule has 5 nitrogen and oxygen atoms in total. The molecule has 1 atom stereocenters. The molecule has 1 N–H and O–H groups in total. The molecule has 0 spiro atoms. The first-order chi connectivity index (χ1) is 18.2. The van der Waals surface area contributed by atoms with E-state index >= 15 is 0 Å². The first kappa shape index (κ1) is 23.5. The van der Waals surface area contributed by atoms with Crippen molar-refractivity contribution in [1.82, 2.24) is 19.7 Å². The van der Waals surface area contributed by atoms with Crippen molar-refractivity contribution in [2.45, 2.75) is 77.7 Å². The van der Waals surface area contributed by atoms with Crippen molar-refractivity contribution in [3.05, 3.63) is 99.8 Å². The number of para-hydroxylation sites is 1. The molecule has 1 unspecified atom stereocenters. The van der Waals surface area contributed by atoms with Gasteiger partial charge in [0.05, 0.1) is 22.5 Å². The molecule has 0 radical (unpaired) electrons. The van der Waals surface area contributed by atoms with Crippen LogP contribution in [0.1, 0.15) is 92.4 Å². The van der Waals surface area contributed by atoms with Gasteiger partial charge in [0.25, 0.3) is 0 Å². The van der Waals surface area contributed by atoms with Gasteiger partial charge in [-0.05, 0) is 53.7 Å². The number of anilines is 1. The Bertz CT molecular complexity index is 1600. The third-order valence-electron chi connectivity index (χ3n) is 9.25. The number of H-pyrrole nitrogens is 1. The maximum absolute atomic E-state index is 5.37. The van der Waals surface area contributed by atoms with E-state index in [-0.39, 0.29) is 10.8 Å². The average Bonchev–Trinajstić information content (AvgIpc) is 3.57. The summed E-state index contributed by atoms with van der Waals surface area (Å²) in [7, 11) is 0. The monoisotopic (exact) mass is 503 g/mol. The highest BCUT2D eigenvalue weighted by Gasteiger charge is 2.51. The molecule has 3 aliphatic rings. The summed E-state index contributed by atoms with van der Waals surface area (Å²) in [6.07, 6.45) is 8.58. The van der Waals surface area contributed by atoms with E-state index in [0.717, 1.165) is 31.7 Å². The number of pyridine rings is 1. The quantitative estimate of drug-likeness (QED) is 0.333. The van der Waals surface area contributed by atoms with Gasteiger partial charge in [-0.25, -0.2) is 9.67 Å². The molecule has 1 aromatic carbocycles. The van der Waals surface area contributed by atoms with Crippen molar-refractivity contribution in [2.24, 2.45) is 0 Å². The number of hydrogen-bond donors (Lipinski definition) is 1. The van der Waals surface area contributed by atoms with Gasteiger partial charge in [-0.3, -0.25) is 0 Å². The molecule has 38 heavy (non-hydrogen) atoms. The number of rotatable bonds is 3. The summed E-state index contributed by atoms with van der Waals surface area (Å²) in [5.74, 6) is 1.54. The minimum atomic E-state index is -0.289.